The SMILES string of the molecule is CCCC[C@@H](C)[C@@H](O)[C@@H]1CN[C@H]([C@@H](C)O)CN(C)[C@@H](COCc2ccccc2)CN(C)[C@@H](CC(C)C)CN[C@@H](CC(C)C)CN(C)[C@@H](CC(C)C)CN[C@@H](C)CN[C@H](C)CN(C)[C@@H](CC(C)C)CN[C@@H](CC(C)C)CN(C)[C@H](C(C)C)CN1C. The van der Waals surface area contributed by atoms with Crippen LogP contribution in [0.1, 0.15) is 175 Å². The summed E-state index contributed by atoms with van der Waals surface area (Å²) in [5.74, 6) is 3.40. The summed E-state index contributed by atoms with van der Waals surface area (Å²) in [6, 6.07) is 13.1. The van der Waals surface area contributed by atoms with E-state index < -0.39 is 12.2 Å². The predicted molar refractivity (Wildman–Crippen MR) is 363 cm³/mol. The summed E-state index contributed by atoms with van der Waals surface area (Å²) in [7, 11) is 13.8. The fourth-order valence-electron chi connectivity index (χ4n) is 13.2. The van der Waals surface area contributed by atoms with Crippen molar-refractivity contribution in [3.05, 3.63) is 35.9 Å². The Morgan fingerprint density at radius 2 is 0.929 bits per heavy atom. The van der Waals surface area contributed by atoms with Crippen molar-refractivity contribution in [3.63, 3.8) is 0 Å². The molecule has 0 spiro atoms. The van der Waals surface area contributed by atoms with E-state index in [2.05, 4.69) is 239 Å². The molecule has 0 aliphatic carbocycles. The van der Waals surface area contributed by atoms with E-state index in [-0.39, 0.29) is 30.1 Å². The fraction of sp³-hybridized carbons (Fsp3) is 0.914. The number of aliphatic hydroxyl groups excluding tert-OH is 2. The van der Waals surface area contributed by atoms with Crippen molar-refractivity contribution in [3.8, 4) is 0 Å². The minimum absolute atomic E-state index is 0.0639. The number of benzene rings is 1. The van der Waals surface area contributed by atoms with E-state index in [9.17, 15) is 10.2 Å². The lowest BCUT2D eigenvalue weighted by Gasteiger charge is -2.42. The highest BCUT2D eigenvalue weighted by Crippen LogP contribution is 2.23. The molecule has 1 aliphatic heterocycles. The quantitative estimate of drug-likeness (QED) is 0.0632. The van der Waals surface area contributed by atoms with Crippen LogP contribution in [-0.2, 0) is 11.3 Å². The van der Waals surface area contributed by atoms with Crippen molar-refractivity contribution in [2.75, 3.05) is 121 Å². The number of hydrogen-bond donors (Lipinski definition) is 7. The number of ether oxygens (including phenoxy) is 1. The lowest BCUT2D eigenvalue weighted by atomic mass is 9.91. The third-order valence-electron chi connectivity index (χ3n) is 18.5. The number of rotatable bonds is 21. The van der Waals surface area contributed by atoms with E-state index in [1.54, 1.807) is 0 Å². The van der Waals surface area contributed by atoms with Crippen molar-refractivity contribution in [1.29, 1.82) is 0 Å². The Balaban J connectivity index is 2.74. The van der Waals surface area contributed by atoms with E-state index in [0.29, 0.717) is 104 Å². The van der Waals surface area contributed by atoms with Crippen LogP contribution in [0.25, 0.3) is 0 Å². The Morgan fingerprint density at radius 1 is 0.476 bits per heavy atom. The normalized spacial score (nSPS) is 29.6. The number of nitrogens with one attached hydrogen (secondary N) is 5. The van der Waals surface area contributed by atoms with Gasteiger partial charge < -0.3 is 61.1 Å². The van der Waals surface area contributed by atoms with Crippen molar-refractivity contribution >= 4 is 0 Å². The molecule has 1 aliphatic rings. The highest BCUT2D eigenvalue weighted by Gasteiger charge is 2.34. The molecule has 2 rings (SSSR count). The standard InChI is InChI=1S/C70H143N11O3/c1-24-25-29-56(14)70(83)68-41-75-67(59(17)82)46-79(21)66(49-84-48-60-30-27-26-28-31-60)45-78(20)65(36-54(10)11)40-73-61(32-50(2)3)43-77(19)63(34-52(6)7)38-72-57(15)37-71-58(16)42-76(18)64(35-53(8)9)39-74-62(33-51(4)5)44-80(22)69(55(12)13)47-81(68)23/h26-28,30-31,50-59,61-75,82-83H,24-25,29,32-49H2,1-23H3/t56-,57+,58-,59-,61+,62+,63+,64+,65+,66-,67+,68+,69+,70-/m1/s1. The first-order valence-electron chi connectivity index (χ1n) is 34.4. The second kappa shape index (κ2) is 42.6. The Labute approximate surface area is 521 Å². The summed E-state index contributed by atoms with van der Waals surface area (Å²) in [5, 5.41) is 44.4. The molecule has 0 radical (unpaired) electrons. The first kappa shape index (κ1) is 78.8. The Hall–Kier alpha value is -1.34. The van der Waals surface area contributed by atoms with Gasteiger partial charge in [0.15, 0.2) is 0 Å². The largest absolute Gasteiger partial charge is 0.392 e. The molecule has 14 atom stereocenters. The van der Waals surface area contributed by atoms with Crippen molar-refractivity contribution < 1.29 is 14.9 Å². The van der Waals surface area contributed by atoms with Gasteiger partial charge in [-0.2, -0.15) is 0 Å². The van der Waals surface area contributed by atoms with Crippen molar-refractivity contribution in [1.82, 2.24) is 56.0 Å². The van der Waals surface area contributed by atoms with Gasteiger partial charge in [0.2, 0.25) is 0 Å². The summed E-state index contributed by atoms with van der Waals surface area (Å²) >= 11 is 0. The third kappa shape index (κ3) is 32.4. The van der Waals surface area contributed by atoms with Crippen LogP contribution in [0.15, 0.2) is 30.3 Å². The lowest BCUT2D eigenvalue weighted by Crippen LogP contribution is -2.59. The van der Waals surface area contributed by atoms with Crippen LogP contribution in [0.3, 0.4) is 0 Å². The highest BCUT2D eigenvalue weighted by atomic mass is 16.5. The first-order chi connectivity index (χ1) is 39.5. The minimum Gasteiger partial charge on any atom is -0.392 e. The zero-order valence-electron chi connectivity index (χ0n) is 59.3. The molecular formula is C70H143N11O3. The van der Waals surface area contributed by atoms with Gasteiger partial charge >= 0.3 is 0 Å². The van der Waals surface area contributed by atoms with Crippen LogP contribution in [0.2, 0.25) is 0 Å². The van der Waals surface area contributed by atoms with Gasteiger partial charge in [-0.25, -0.2) is 0 Å². The van der Waals surface area contributed by atoms with Gasteiger partial charge in [0.1, 0.15) is 0 Å². The van der Waals surface area contributed by atoms with E-state index in [1.807, 2.05) is 6.92 Å². The molecule has 1 heterocycles. The molecule has 14 heteroatoms. The van der Waals surface area contributed by atoms with E-state index in [0.717, 1.165) is 110 Å². The van der Waals surface area contributed by atoms with Crippen LogP contribution >= 0.6 is 0 Å². The number of hydrogen-bond acceptors (Lipinski definition) is 14. The number of aliphatic hydroxyl groups is 2. The topological polar surface area (TPSA) is 129 Å². The maximum absolute atomic E-state index is 12.5. The van der Waals surface area contributed by atoms with Crippen LogP contribution in [0.5, 0.6) is 0 Å². The molecule has 0 aromatic heterocycles. The molecule has 7 N–H and O–H groups in total. The molecule has 1 fully saturated rings. The Bertz CT molecular complexity index is 1740. The van der Waals surface area contributed by atoms with Gasteiger partial charge in [-0.3, -0.25) is 9.80 Å². The summed E-state index contributed by atoms with van der Waals surface area (Å²) in [6.45, 7) is 50.3. The van der Waals surface area contributed by atoms with Crippen LogP contribution in [0.4, 0.5) is 0 Å². The van der Waals surface area contributed by atoms with Crippen LogP contribution in [-0.4, -0.2) is 239 Å². The van der Waals surface area contributed by atoms with Gasteiger partial charge in [0.25, 0.3) is 0 Å². The molecule has 0 amide bonds. The molecular weight excluding hydrogens is 1040 g/mol. The van der Waals surface area contributed by atoms with Crippen LogP contribution in [0, 0.1) is 41.4 Å². The second-order valence-electron chi connectivity index (χ2n) is 30.0. The summed E-state index contributed by atoms with van der Waals surface area (Å²) < 4.78 is 6.65. The van der Waals surface area contributed by atoms with Crippen LogP contribution < -0.4 is 26.6 Å². The first-order valence-corrected chi connectivity index (χ1v) is 34.4. The smallest absolute Gasteiger partial charge is 0.0733 e. The summed E-state index contributed by atoms with van der Waals surface area (Å²) in [5.41, 5.74) is 1.17. The average molecular weight is 1190 g/mol. The molecule has 1 saturated heterocycles. The van der Waals surface area contributed by atoms with Crippen molar-refractivity contribution in [2.24, 2.45) is 41.4 Å². The Kier molecular flexibility index (Phi) is 40.0. The molecule has 0 bridgehead atoms. The van der Waals surface area contributed by atoms with Gasteiger partial charge in [0.05, 0.1) is 25.4 Å². The van der Waals surface area contributed by atoms with Gasteiger partial charge in [-0.1, -0.05) is 140 Å². The average Bonchev–Trinajstić information content (AvgIpc) is 3.63. The number of nitrogens with zero attached hydrogens (tertiary/aromatic N) is 6. The molecule has 496 valence electrons. The molecule has 0 saturated carbocycles. The number of unbranched alkanes of at least 4 members (excludes halogenated alkanes) is 1. The maximum atomic E-state index is 12.5. The minimum atomic E-state index is -0.614. The molecule has 0 unspecified atom stereocenters. The fourth-order valence-corrected chi connectivity index (χ4v) is 13.2. The Morgan fingerprint density at radius 3 is 1.42 bits per heavy atom. The second-order valence-corrected chi connectivity index (χ2v) is 30.0. The molecule has 1 aromatic carbocycles. The van der Waals surface area contributed by atoms with Gasteiger partial charge in [0, 0.05) is 138 Å². The van der Waals surface area contributed by atoms with E-state index in [4.69, 9.17) is 4.74 Å². The summed E-state index contributed by atoms with van der Waals surface area (Å²) in [4.78, 5) is 15.4. The van der Waals surface area contributed by atoms with Gasteiger partial charge in [-0.05, 0) is 149 Å². The van der Waals surface area contributed by atoms with Crippen molar-refractivity contribution in [2.45, 2.75) is 254 Å². The highest BCUT2D eigenvalue weighted by molar-refractivity contribution is 5.13. The van der Waals surface area contributed by atoms with E-state index >= 15 is 0 Å². The summed E-state index contributed by atoms with van der Waals surface area (Å²) in [6.07, 6.45) is 7.66. The zero-order valence-corrected chi connectivity index (χ0v) is 59.3. The zero-order chi connectivity index (χ0) is 63.2. The number of likely N-dealkylation sites (N-methyl/N-ethyl adjacent to an activating group) is 6. The lowest BCUT2D eigenvalue weighted by molar-refractivity contribution is 0.000514. The van der Waals surface area contributed by atoms with Gasteiger partial charge in [-0.15, -0.1) is 0 Å². The molecule has 1 aromatic rings. The molecule has 84 heavy (non-hydrogen) atoms. The molecule has 14 nitrogen and oxygen atoms in total. The monoisotopic (exact) mass is 1190 g/mol. The maximum Gasteiger partial charge on any atom is 0.0733 e. The predicted octanol–water partition coefficient (Wildman–Crippen LogP) is 9.30. The van der Waals surface area contributed by atoms with E-state index in [1.165, 1.54) is 5.56 Å². The third-order valence-corrected chi connectivity index (χ3v) is 18.5.